The zero-order valence-electron chi connectivity index (χ0n) is 10.8. The van der Waals surface area contributed by atoms with Gasteiger partial charge in [-0.25, -0.2) is 4.79 Å². The highest BCUT2D eigenvalue weighted by Crippen LogP contribution is 2.05. The second-order valence-corrected chi connectivity index (χ2v) is 4.70. The van der Waals surface area contributed by atoms with Gasteiger partial charge in [-0.15, -0.1) is 0 Å². The summed E-state index contributed by atoms with van der Waals surface area (Å²) in [5.74, 6) is 0. The third-order valence-corrected chi connectivity index (χ3v) is 3.14. The first-order chi connectivity index (χ1) is 7.65. The number of carbonyl (C=O) groups excluding carboxylic acids is 1. The second-order valence-electron chi connectivity index (χ2n) is 4.70. The minimum atomic E-state index is 0.108. The van der Waals surface area contributed by atoms with Gasteiger partial charge in [0.1, 0.15) is 0 Å². The Labute approximate surface area is 99.0 Å². The standard InChI is InChI=1S/C12H25N3O/c1-4-5-6-13-12(16)15-9-7-14(8-10-15)11(2)3/h11H,4-10H2,1-3H3,(H,13,16). The van der Waals surface area contributed by atoms with Crippen molar-refractivity contribution in [2.75, 3.05) is 32.7 Å². The average Bonchev–Trinajstić information content (AvgIpc) is 2.29. The molecule has 1 aliphatic rings. The molecule has 2 amide bonds. The highest BCUT2D eigenvalue weighted by atomic mass is 16.2. The Balaban J connectivity index is 2.22. The van der Waals surface area contributed by atoms with Crippen molar-refractivity contribution in [3.05, 3.63) is 0 Å². The van der Waals surface area contributed by atoms with Crippen LogP contribution in [0.1, 0.15) is 33.6 Å². The molecule has 16 heavy (non-hydrogen) atoms. The molecule has 1 rings (SSSR count). The molecule has 1 fully saturated rings. The lowest BCUT2D eigenvalue weighted by molar-refractivity contribution is 0.119. The van der Waals surface area contributed by atoms with Gasteiger partial charge in [-0.05, 0) is 20.3 Å². The molecule has 0 bridgehead atoms. The summed E-state index contributed by atoms with van der Waals surface area (Å²) in [5, 5.41) is 2.97. The van der Waals surface area contributed by atoms with Gasteiger partial charge in [0.2, 0.25) is 0 Å². The number of piperazine rings is 1. The molecular weight excluding hydrogens is 202 g/mol. The summed E-state index contributed by atoms with van der Waals surface area (Å²) in [5.41, 5.74) is 0. The van der Waals surface area contributed by atoms with Crippen LogP contribution in [0.4, 0.5) is 4.79 Å². The summed E-state index contributed by atoms with van der Waals surface area (Å²) in [6.45, 7) is 11.1. The summed E-state index contributed by atoms with van der Waals surface area (Å²) in [6, 6.07) is 0.696. The van der Waals surface area contributed by atoms with Crippen molar-refractivity contribution >= 4 is 6.03 Å². The first kappa shape index (κ1) is 13.3. The highest BCUT2D eigenvalue weighted by molar-refractivity contribution is 5.74. The van der Waals surface area contributed by atoms with Crippen molar-refractivity contribution in [2.45, 2.75) is 39.7 Å². The fraction of sp³-hybridized carbons (Fsp3) is 0.917. The largest absolute Gasteiger partial charge is 0.338 e. The van der Waals surface area contributed by atoms with Crippen LogP contribution in [0.15, 0.2) is 0 Å². The van der Waals surface area contributed by atoms with Crippen LogP contribution < -0.4 is 5.32 Å². The molecule has 0 saturated carbocycles. The molecule has 0 unspecified atom stereocenters. The Morgan fingerprint density at radius 1 is 1.25 bits per heavy atom. The van der Waals surface area contributed by atoms with Crippen molar-refractivity contribution in [3.8, 4) is 0 Å². The smallest absolute Gasteiger partial charge is 0.317 e. The van der Waals surface area contributed by atoms with Crippen molar-refractivity contribution in [2.24, 2.45) is 0 Å². The Kier molecular flexibility index (Phi) is 5.60. The molecule has 1 heterocycles. The number of nitrogens with one attached hydrogen (secondary N) is 1. The Bertz CT molecular complexity index is 210. The average molecular weight is 227 g/mol. The maximum atomic E-state index is 11.7. The number of nitrogens with zero attached hydrogens (tertiary/aromatic N) is 2. The van der Waals surface area contributed by atoms with E-state index in [1.165, 1.54) is 0 Å². The third-order valence-electron chi connectivity index (χ3n) is 3.14. The van der Waals surface area contributed by atoms with Gasteiger partial charge in [-0.2, -0.15) is 0 Å². The van der Waals surface area contributed by atoms with Crippen molar-refractivity contribution in [1.82, 2.24) is 15.1 Å². The van der Waals surface area contributed by atoms with Gasteiger partial charge in [0.05, 0.1) is 0 Å². The first-order valence-electron chi connectivity index (χ1n) is 6.42. The molecule has 4 heteroatoms. The quantitative estimate of drug-likeness (QED) is 0.739. The van der Waals surface area contributed by atoms with Crippen molar-refractivity contribution in [3.63, 3.8) is 0 Å². The van der Waals surface area contributed by atoms with Crippen LogP contribution in [0.3, 0.4) is 0 Å². The molecule has 0 aromatic heterocycles. The number of amides is 2. The fourth-order valence-electron chi connectivity index (χ4n) is 1.93. The maximum absolute atomic E-state index is 11.7. The van der Waals surface area contributed by atoms with Crippen LogP contribution in [-0.2, 0) is 0 Å². The van der Waals surface area contributed by atoms with Crippen LogP contribution in [0, 0.1) is 0 Å². The number of urea groups is 1. The summed E-state index contributed by atoms with van der Waals surface area (Å²) in [4.78, 5) is 16.1. The molecule has 0 spiro atoms. The van der Waals surface area contributed by atoms with E-state index in [2.05, 4.69) is 31.0 Å². The van der Waals surface area contributed by atoms with Gasteiger partial charge in [-0.3, -0.25) is 4.90 Å². The van der Waals surface area contributed by atoms with E-state index in [-0.39, 0.29) is 6.03 Å². The molecule has 0 aliphatic carbocycles. The predicted octanol–water partition coefficient (Wildman–Crippen LogP) is 1.52. The molecule has 1 N–H and O–H groups in total. The normalized spacial score (nSPS) is 17.9. The minimum Gasteiger partial charge on any atom is -0.338 e. The van der Waals surface area contributed by atoms with Crippen LogP contribution in [0.5, 0.6) is 0 Å². The third kappa shape index (κ3) is 4.00. The lowest BCUT2D eigenvalue weighted by Gasteiger charge is -2.36. The zero-order chi connectivity index (χ0) is 12.0. The summed E-state index contributed by atoms with van der Waals surface area (Å²) >= 11 is 0. The lowest BCUT2D eigenvalue weighted by atomic mass is 10.2. The van der Waals surface area contributed by atoms with Crippen molar-refractivity contribution < 1.29 is 4.79 Å². The van der Waals surface area contributed by atoms with E-state index in [0.29, 0.717) is 6.04 Å². The Morgan fingerprint density at radius 2 is 1.88 bits per heavy atom. The van der Waals surface area contributed by atoms with Gasteiger partial charge in [-0.1, -0.05) is 13.3 Å². The van der Waals surface area contributed by atoms with Crippen LogP contribution >= 0.6 is 0 Å². The van der Waals surface area contributed by atoms with Gasteiger partial charge >= 0.3 is 6.03 Å². The molecular formula is C12H25N3O. The summed E-state index contributed by atoms with van der Waals surface area (Å²) in [7, 11) is 0. The zero-order valence-corrected chi connectivity index (χ0v) is 10.8. The highest BCUT2D eigenvalue weighted by Gasteiger charge is 2.21. The molecule has 1 aliphatic heterocycles. The van der Waals surface area contributed by atoms with Gasteiger partial charge in [0.25, 0.3) is 0 Å². The van der Waals surface area contributed by atoms with E-state index < -0.39 is 0 Å². The topological polar surface area (TPSA) is 35.6 Å². The molecule has 0 radical (unpaired) electrons. The van der Waals surface area contributed by atoms with Gasteiger partial charge in [0.15, 0.2) is 0 Å². The number of hydrogen-bond acceptors (Lipinski definition) is 2. The van der Waals surface area contributed by atoms with Crippen LogP contribution in [-0.4, -0.2) is 54.6 Å². The van der Waals surface area contributed by atoms with E-state index in [1.54, 1.807) is 0 Å². The van der Waals surface area contributed by atoms with E-state index in [4.69, 9.17) is 0 Å². The maximum Gasteiger partial charge on any atom is 0.317 e. The lowest BCUT2D eigenvalue weighted by Crippen LogP contribution is -2.53. The molecule has 1 saturated heterocycles. The van der Waals surface area contributed by atoms with Crippen molar-refractivity contribution in [1.29, 1.82) is 0 Å². The summed E-state index contributed by atoms with van der Waals surface area (Å²) < 4.78 is 0. The second kappa shape index (κ2) is 6.74. The summed E-state index contributed by atoms with van der Waals surface area (Å²) in [6.07, 6.45) is 2.19. The van der Waals surface area contributed by atoms with Gasteiger partial charge in [0, 0.05) is 38.8 Å². The number of carbonyl (C=O) groups is 1. The molecule has 4 nitrogen and oxygen atoms in total. The Morgan fingerprint density at radius 3 is 2.38 bits per heavy atom. The number of rotatable bonds is 4. The van der Waals surface area contributed by atoms with Gasteiger partial charge < -0.3 is 10.2 Å². The monoisotopic (exact) mass is 227 g/mol. The van der Waals surface area contributed by atoms with E-state index >= 15 is 0 Å². The molecule has 0 aromatic carbocycles. The number of hydrogen-bond donors (Lipinski definition) is 1. The first-order valence-corrected chi connectivity index (χ1v) is 6.42. The molecule has 0 aromatic rings. The molecule has 94 valence electrons. The predicted molar refractivity (Wildman–Crippen MR) is 66.6 cm³/mol. The van der Waals surface area contributed by atoms with Crippen LogP contribution in [0.25, 0.3) is 0 Å². The van der Waals surface area contributed by atoms with E-state index in [1.807, 2.05) is 4.90 Å². The van der Waals surface area contributed by atoms with Crippen LogP contribution in [0.2, 0.25) is 0 Å². The fourth-order valence-corrected chi connectivity index (χ4v) is 1.93. The van der Waals surface area contributed by atoms with E-state index in [0.717, 1.165) is 45.6 Å². The SMILES string of the molecule is CCCCNC(=O)N1CCN(C(C)C)CC1. The minimum absolute atomic E-state index is 0.108. The Hall–Kier alpha value is -0.770. The molecule has 0 atom stereocenters. The number of unbranched alkanes of at least 4 members (excludes halogenated alkanes) is 1. The van der Waals surface area contributed by atoms with E-state index in [9.17, 15) is 4.79 Å².